The molecule has 1 aromatic heterocycles. The molecule has 0 aliphatic carbocycles. The molecular formula is C20H22N4O3S. The van der Waals surface area contributed by atoms with E-state index in [0.29, 0.717) is 43.5 Å². The number of thiazole rings is 1. The highest BCUT2D eigenvalue weighted by atomic mass is 32.1. The Kier molecular flexibility index (Phi) is 5.23. The van der Waals surface area contributed by atoms with Gasteiger partial charge < -0.3 is 25.2 Å². The van der Waals surface area contributed by atoms with Gasteiger partial charge in [0, 0.05) is 35.8 Å². The van der Waals surface area contributed by atoms with Crippen molar-refractivity contribution in [2.24, 2.45) is 0 Å². The van der Waals surface area contributed by atoms with Crippen molar-refractivity contribution < 1.29 is 14.3 Å². The molecule has 4 rings (SSSR count). The second-order valence-corrected chi connectivity index (χ2v) is 8.01. The Labute approximate surface area is 167 Å². The first-order chi connectivity index (χ1) is 13.6. The van der Waals surface area contributed by atoms with E-state index in [-0.39, 0.29) is 17.9 Å². The Hall–Kier alpha value is -2.58. The van der Waals surface area contributed by atoms with Crippen LogP contribution < -0.4 is 4.74 Å². The predicted molar refractivity (Wildman–Crippen MR) is 108 cm³/mol. The van der Waals surface area contributed by atoms with Crippen LogP contribution in [0.4, 0.5) is 0 Å². The highest BCUT2D eigenvalue weighted by Gasteiger charge is 2.29. The van der Waals surface area contributed by atoms with Crippen LogP contribution in [0, 0.1) is 10.8 Å². The molecule has 0 radical (unpaired) electrons. The molecule has 0 saturated carbocycles. The molecule has 146 valence electrons. The lowest BCUT2D eigenvalue weighted by molar-refractivity contribution is 0.00358. The molecule has 3 heterocycles. The maximum Gasteiger partial charge on any atom is 0.283 e. The zero-order chi connectivity index (χ0) is 19.7. The van der Waals surface area contributed by atoms with Gasteiger partial charge >= 0.3 is 0 Å². The van der Waals surface area contributed by atoms with E-state index in [1.807, 2.05) is 30.0 Å². The monoisotopic (exact) mass is 398 g/mol. The normalized spacial score (nSPS) is 19.6. The molecular weight excluding hydrogens is 376 g/mol. The van der Waals surface area contributed by atoms with Gasteiger partial charge in [-0.1, -0.05) is 6.07 Å². The van der Waals surface area contributed by atoms with Gasteiger partial charge in [0.05, 0.1) is 37.5 Å². The van der Waals surface area contributed by atoms with Crippen LogP contribution in [0.15, 0.2) is 18.2 Å². The van der Waals surface area contributed by atoms with E-state index in [0.717, 1.165) is 21.7 Å². The van der Waals surface area contributed by atoms with E-state index in [4.69, 9.17) is 25.3 Å². The minimum Gasteiger partial charge on any atom is -0.492 e. The van der Waals surface area contributed by atoms with Crippen molar-refractivity contribution in [3.8, 4) is 17.0 Å². The smallest absolute Gasteiger partial charge is 0.283 e. The number of ether oxygens (including phenoxy) is 2. The summed E-state index contributed by atoms with van der Waals surface area (Å²) in [7, 11) is 0. The first-order valence-electron chi connectivity index (χ1n) is 9.29. The number of nitrogens with one attached hydrogen (secondary N) is 2. The van der Waals surface area contributed by atoms with Crippen LogP contribution in [0.25, 0.3) is 11.3 Å². The minimum atomic E-state index is -0.369. The van der Waals surface area contributed by atoms with Gasteiger partial charge in [0.15, 0.2) is 5.01 Å². The van der Waals surface area contributed by atoms with Gasteiger partial charge in [-0.25, -0.2) is 4.98 Å². The zero-order valence-electron chi connectivity index (χ0n) is 15.6. The average molecular weight is 398 g/mol. The molecule has 1 fully saturated rings. The van der Waals surface area contributed by atoms with E-state index >= 15 is 0 Å². The number of benzene rings is 1. The standard InChI is InChI=1S/C20H22N4O3S/c1-12-11-26-7-5-24(12)20(25)19-23-18-15-3-2-13(14(9-21)10-22)8-16(15)27-6-4-17(18)28-19/h2-3,8-10,12,14,21-22H,4-7,11H2,1H3. The largest absolute Gasteiger partial charge is 0.492 e. The highest BCUT2D eigenvalue weighted by Crippen LogP contribution is 2.39. The molecule has 1 unspecified atom stereocenters. The van der Waals surface area contributed by atoms with Gasteiger partial charge in [-0.3, -0.25) is 4.79 Å². The van der Waals surface area contributed by atoms with Crippen molar-refractivity contribution in [2.45, 2.75) is 25.3 Å². The van der Waals surface area contributed by atoms with E-state index in [9.17, 15) is 4.79 Å². The lowest BCUT2D eigenvalue weighted by Crippen LogP contribution is -2.47. The third-order valence-corrected chi connectivity index (χ3v) is 6.20. The van der Waals surface area contributed by atoms with Crippen molar-refractivity contribution in [2.75, 3.05) is 26.4 Å². The van der Waals surface area contributed by atoms with Crippen LogP contribution in [0.1, 0.15) is 33.1 Å². The quantitative estimate of drug-likeness (QED) is 0.774. The number of carbonyl (C=O) groups excluding carboxylic acids is 1. The van der Waals surface area contributed by atoms with Crippen molar-refractivity contribution in [1.29, 1.82) is 10.8 Å². The van der Waals surface area contributed by atoms with E-state index < -0.39 is 0 Å². The number of carbonyl (C=O) groups is 1. The van der Waals surface area contributed by atoms with Gasteiger partial charge in [0.2, 0.25) is 0 Å². The zero-order valence-corrected chi connectivity index (χ0v) is 16.4. The Morgan fingerprint density at radius 1 is 1.36 bits per heavy atom. The first-order valence-corrected chi connectivity index (χ1v) is 10.1. The topological polar surface area (TPSA) is 99.4 Å². The summed E-state index contributed by atoms with van der Waals surface area (Å²) in [6, 6.07) is 5.72. The van der Waals surface area contributed by atoms with Gasteiger partial charge in [0.25, 0.3) is 5.91 Å². The van der Waals surface area contributed by atoms with Gasteiger partial charge in [-0.15, -0.1) is 11.3 Å². The molecule has 7 nitrogen and oxygen atoms in total. The maximum absolute atomic E-state index is 13.0. The van der Waals surface area contributed by atoms with Crippen molar-refractivity contribution in [3.63, 3.8) is 0 Å². The fourth-order valence-corrected chi connectivity index (χ4v) is 4.54. The minimum absolute atomic E-state index is 0.0411. The SMILES string of the molecule is CC1COCCN1C(=O)c1nc2c(s1)CCOc1cc(C(C=N)C=N)ccc1-2. The number of hydrogen-bond acceptors (Lipinski definition) is 7. The van der Waals surface area contributed by atoms with Crippen LogP contribution in [0.5, 0.6) is 5.75 Å². The number of aromatic nitrogens is 1. The molecule has 1 aromatic carbocycles. The van der Waals surface area contributed by atoms with Gasteiger partial charge in [-0.2, -0.15) is 0 Å². The van der Waals surface area contributed by atoms with Gasteiger partial charge in [0.1, 0.15) is 5.75 Å². The molecule has 2 aromatic rings. The van der Waals surface area contributed by atoms with Crippen LogP contribution in [0.2, 0.25) is 0 Å². The number of rotatable bonds is 4. The lowest BCUT2D eigenvalue weighted by atomic mass is 9.98. The number of amides is 1. The molecule has 8 heteroatoms. The first kappa shape index (κ1) is 18.8. The third kappa shape index (κ3) is 3.33. The summed E-state index contributed by atoms with van der Waals surface area (Å²) >= 11 is 1.44. The van der Waals surface area contributed by atoms with Crippen LogP contribution in [-0.4, -0.2) is 60.6 Å². The fraction of sp³-hybridized carbons (Fsp3) is 0.400. The van der Waals surface area contributed by atoms with Gasteiger partial charge in [-0.05, 0) is 24.6 Å². The van der Waals surface area contributed by atoms with E-state index in [1.165, 1.54) is 23.8 Å². The maximum atomic E-state index is 13.0. The molecule has 1 atom stereocenters. The number of morpholine rings is 1. The summed E-state index contributed by atoms with van der Waals surface area (Å²) in [6.45, 7) is 4.19. The van der Waals surface area contributed by atoms with Crippen molar-refractivity contribution in [3.05, 3.63) is 33.6 Å². The third-order valence-electron chi connectivity index (χ3n) is 5.10. The number of nitrogens with zero attached hydrogens (tertiary/aromatic N) is 2. The lowest BCUT2D eigenvalue weighted by Gasteiger charge is -2.32. The van der Waals surface area contributed by atoms with Crippen LogP contribution >= 0.6 is 11.3 Å². The Morgan fingerprint density at radius 2 is 2.18 bits per heavy atom. The summed E-state index contributed by atoms with van der Waals surface area (Å²) < 4.78 is 11.3. The second-order valence-electron chi connectivity index (χ2n) is 6.93. The predicted octanol–water partition coefficient (Wildman–Crippen LogP) is 2.99. The van der Waals surface area contributed by atoms with E-state index in [2.05, 4.69) is 0 Å². The van der Waals surface area contributed by atoms with Crippen LogP contribution in [0.3, 0.4) is 0 Å². The summed E-state index contributed by atoms with van der Waals surface area (Å²) in [5, 5.41) is 15.5. The molecule has 0 bridgehead atoms. The molecule has 2 N–H and O–H groups in total. The van der Waals surface area contributed by atoms with Crippen LogP contribution in [-0.2, 0) is 11.2 Å². The molecule has 2 aliphatic heterocycles. The second kappa shape index (κ2) is 7.81. The number of hydrogen-bond donors (Lipinski definition) is 2. The fourth-order valence-electron chi connectivity index (χ4n) is 3.53. The highest BCUT2D eigenvalue weighted by molar-refractivity contribution is 7.14. The molecule has 1 amide bonds. The van der Waals surface area contributed by atoms with Crippen molar-refractivity contribution in [1.82, 2.24) is 9.88 Å². The Balaban J connectivity index is 1.69. The summed E-state index contributed by atoms with van der Waals surface area (Å²) in [4.78, 5) is 20.6. The number of fused-ring (bicyclic) bond motifs is 3. The van der Waals surface area contributed by atoms with Crippen molar-refractivity contribution >= 4 is 29.7 Å². The molecule has 2 aliphatic rings. The summed E-state index contributed by atoms with van der Waals surface area (Å²) in [5.41, 5.74) is 2.49. The summed E-state index contributed by atoms with van der Waals surface area (Å²) in [6.07, 6.45) is 3.17. The summed E-state index contributed by atoms with van der Waals surface area (Å²) in [5.74, 6) is 0.279. The Bertz CT molecular complexity index is 918. The Morgan fingerprint density at radius 3 is 2.93 bits per heavy atom. The molecule has 28 heavy (non-hydrogen) atoms. The molecule has 1 saturated heterocycles. The van der Waals surface area contributed by atoms with E-state index in [1.54, 1.807) is 0 Å². The molecule has 0 spiro atoms. The average Bonchev–Trinajstić information content (AvgIpc) is 3.05.